The number of benzene rings is 2. The Morgan fingerprint density at radius 2 is 1.61 bits per heavy atom. The fourth-order valence-electron chi connectivity index (χ4n) is 3.16. The van der Waals surface area contributed by atoms with Crippen LogP contribution in [0.4, 0.5) is 11.4 Å². The first kappa shape index (κ1) is 26.6. The van der Waals surface area contributed by atoms with Gasteiger partial charge in [-0.2, -0.15) is 4.31 Å². The molecule has 11 heteroatoms. The Balaban J connectivity index is 2.16. The van der Waals surface area contributed by atoms with Crippen molar-refractivity contribution in [3.8, 4) is 5.75 Å². The second-order valence-electron chi connectivity index (χ2n) is 7.33. The minimum absolute atomic E-state index is 0.0269. The number of hydrogen-bond donors (Lipinski definition) is 2. The lowest BCUT2D eigenvalue weighted by atomic mass is 10.2. The SMILES string of the molecule is CCOc1ccc(NC(C)C(=O)Nc2ccc(S(=O)(=O)N(CC)CC)cc2)c(S(C)(=O)=O)c1. The predicted octanol–water partition coefficient (Wildman–Crippen LogP) is 2.96. The van der Waals surface area contributed by atoms with Crippen LogP contribution in [0, 0.1) is 0 Å². The summed E-state index contributed by atoms with van der Waals surface area (Å²) in [6.07, 6.45) is 1.09. The molecule has 2 aromatic rings. The molecule has 9 nitrogen and oxygen atoms in total. The zero-order chi connectivity index (χ0) is 24.8. The van der Waals surface area contributed by atoms with E-state index in [1.807, 2.05) is 0 Å². The molecule has 0 aromatic heterocycles. The minimum Gasteiger partial charge on any atom is -0.494 e. The number of nitrogens with zero attached hydrogens (tertiary/aromatic N) is 1. The molecule has 1 atom stereocenters. The molecule has 0 fully saturated rings. The summed E-state index contributed by atoms with van der Waals surface area (Å²) in [6.45, 7) is 8.04. The second kappa shape index (κ2) is 11.0. The van der Waals surface area contributed by atoms with Crippen molar-refractivity contribution in [3.05, 3.63) is 42.5 Å². The van der Waals surface area contributed by atoms with Gasteiger partial charge in [0.1, 0.15) is 11.8 Å². The van der Waals surface area contributed by atoms with Crippen LogP contribution >= 0.6 is 0 Å². The lowest BCUT2D eigenvalue weighted by Crippen LogP contribution is -2.32. The van der Waals surface area contributed by atoms with Gasteiger partial charge in [-0.3, -0.25) is 4.79 Å². The number of carbonyl (C=O) groups excluding carboxylic acids is 1. The quantitative estimate of drug-likeness (QED) is 0.489. The molecule has 0 bridgehead atoms. The lowest BCUT2D eigenvalue weighted by molar-refractivity contribution is -0.116. The van der Waals surface area contributed by atoms with Crippen LogP contribution in [0.5, 0.6) is 5.75 Å². The van der Waals surface area contributed by atoms with Crippen LogP contribution in [0.25, 0.3) is 0 Å². The zero-order valence-corrected chi connectivity index (χ0v) is 21.1. The van der Waals surface area contributed by atoms with Crippen molar-refractivity contribution in [1.82, 2.24) is 4.31 Å². The van der Waals surface area contributed by atoms with E-state index in [0.717, 1.165) is 6.26 Å². The van der Waals surface area contributed by atoms with Crippen molar-refractivity contribution in [2.45, 2.75) is 43.5 Å². The molecule has 0 saturated carbocycles. The normalized spacial score (nSPS) is 12.9. The molecule has 33 heavy (non-hydrogen) atoms. The molecular formula is C22H31N3O6S2. The van der Waals surface area contributed by atoms with Crippen molar-refractivity contribution in [2.75, 3.05) is 36.6 Å². The zero-order valence-electron chi connectivity index (χ0n) is 19.5. The third kappa shape index (κ3) is 6.68. The van der Waals surface area contributed by atoms with Gasteiger partial charge in [-0.05, 0) is 50.2 Å². The summed E-state index contributed by atoms with van der Waals surface area (Å²) in [6, 6.07) is 9.73. The highest BCUT2D eigenvalue weighted by atomic mass is 32.2. The van der Waals surface area contributed by atoms with E-state index >= 15 is 0 Å². The largest absolute Gasteiger partial charge is 0.494 e. The molecule has 0 radical (unpaired) electrons. The third-order valence-corrected chi connectivity index (χ3v) is 8.09. The van der Waals surface area contributed by atoms with E-state index in [2.05, 4.69) is 10.6 Å². The highest BCUT2D eigenvalue weighted by molar-refractivity contribution is 7.91. The average Bonchev–Trinajstić information content (AvgIpc) is 2.75. The van der Waals surface area contributed by atoms with Crippen molar-refractivity contribution in [2.24, 2.45) is 0 Å². The average molecular weight is 498 g/mol. The predicted molar refractivity (Wildman–Crippen MR) is 129 cm³/mol. The smallest absolute Gasteiger partial charge is 0.246 e. The van der Waals surface area contributed by atoms with Crippen LogP contribution in [-0.4, -0.2) is 59.0 Å². The van der Waals surface area contributed by atoms with E-state index in [9.17, 15) is 21.6 Å². The van der Waals surface area contributed by atoms with Gasteiger partial charge >= 0.3 is 0 Å². The minimum atomic E-state index is -3.59. The van der Waals surface area contributed by atoms with Crippen LogP contribution in [0.15, 0.2) is 52.3 Å². The molecule has 2 rings (SSSR count). The first-order valence-corrected chi connectivity index (χ1v) is 13.9. The van der Waals surface area contributed by atoms with E-state index in [1.54, 1.807) is 39.8 Å². The standard InChI is InChI=1S/C22H31N3O6S2/c1-6-25(7-2)33(29,30)19-12-9-17(10-13-19)24-22(26)16(4)23-20-14-11-18(31-8-3)15-21(20)32(5,27)28/h9-16,23H,6-8H2,1-5H3,(H,24,26). The van der Waals surface area contributed by atoms with Crippen LogP contribution < -0.4 is 15.4 Å². The van der Waals surface area contributed by atoms with E-state index < -0.39 is 31.8 Å². The van der Waals surface area contributed by atoms with Crippen LogP contribution in [-0.2, 0) is 24.7 Å². The van der Waals surface area contributed by atoms with E-state index in [4.69, 9.17) is 4.74 Å². The Morgan fingerprint density at radius 3 is 2.12 bits per heavy atom. The van der Waals surface area contributed by atoms with Crippen molar-refractivity contribution in [1.29, 1.82) is 0 Å². The number of rotatable bonds is 11. The Kier molecular flexibility index (Phi) is 8.87. The molecule has 0 aliphatic rings. The maximum absolute atomic E-state index is 12.7. The summed E-state index contributed by atoms with van der Waals surface area (Å²) in [5.74, 6) is 0.00280. The Morgan fingerprint density at radius 1 is 1.00 bits per heavy atom. The lowest BCUT2D eigenvalue weighted by Gasteiger charge is -2.19. The topological polar surface area (TPSA) is 122 Å². The molecule has 1 unspecified atom stereocenters. The molecule has 0 spiro atoms. The van der Waals surface area contributed by atoms with Gasteiger partial charge in [0.05, 0.1) is 22.1 Å². The monoisotopic (exact) mass is 497 g/mol. The fourth-order valence-corrected chi connectivity index (χ4v) is 5.47. The molecule has 0 heterocycles. The molecule has 182 valence electrons. The van der Waals surface area contributed by atoms with Gasteiger partial charge < -0.3 is 15.4 Å². The summed E-state index contributed by atoms with van der Waals surface area (Å²) in [7, 11) is -7.16. The first-order valence-electron chi connectivity index (χ1n) is 10.6. The fraction of sp³-hybridized carbons (Fsp3) is 0.409. The highest BCUT2D eigenvalue weighted by Gasteiger charge is 2.22. The molecule has 0 saturated heterocycles. The molecule has 2 aromatic carbocycles. The van der Waals surface area contributed by atoms with E-state index in [-0.39, 0.29) is 15.5 Å². The number of sulfone groups is 1. The molecule has 0 aliphatic carbocycles. The molecule has 1 amide bonds. The van der Waals surface area contributed by atoms with Gasteiger partial charge in [-0.15, -0.1) is 0 Å². The van der Waals surface area contributed by atoms with Gasteiger partial charge in [0, 0.05) is 31.1 Å². The Hall–Kier alpha value is -2.63. The summed E-state index contributed by atoms with van der Waals surface area (Å²) >= 11 is 0. The van der Waals surface area contributed by atoms with Crippen molar-refractivity contribution in [3.63, 3.8) is 0 Å². The summed E-state index contributed by atoms with van der Waals surface area (Å²) in [4.78, 5) is 12.8. The number of nitrogens with one attached hydrogen (secondary N) is 2. The number of sulfonamides is 1. The summed E-state index contributed by atoms with van der Waals surface area (Å²) in [5.41, 5.74) is 0.700. The van der Waals surface area contributed by atoms with Gasteiger partial charge in [-0.25, -0.2) is 16.8 Å². The number of hydrogen-bond acceptors (Lipinski definition) is 7. The number of carbonyl (C=O) groups is 1. The van der Waals surface area contributed by atoms with Crippen molar-refractivity contribution < 1.29 is 26.4 Å². The highest BCUT2D eigenvalue weighted by Crippen LogP contribution is 2.27. The third-order valence-electron chi connectivity index (χ3n) is 4.89. The van der Waals surface area contributed by atoms with E-state index in [0.29, 0.717) is 31.1 Å². The number of ether oxygens (including phenoxy) is 1. The van der Waals surface area contributed by atoms with Crippen LogP contribution in [0.3, 0.4) is 0 Å². The van der Waals surface area contributed by atoms with Gasteiger partial charge in [0.25, 0.3) is 0 Å². The van der Waals surface area contributed by atoms with Gasteiger partial charge in [0.15, 0.2) is 9.84 Å². The second-order valence-corrected chi connectivity index (χ2v) is 11.3. The Bertz CT molecular complexity index is 1180. The van der Waals surface area contributed by atoms with Gasteiger partial charge in [0.2, 0.25) is 15.9 Å². The van der Waals surface area contributed by atoms with Crippen LogP contribution in [0.2, 0.25) is 0 Å². The molecule has 2 N–H and O–H groups in total. The van der Waals surface area contributed by atoms with Gasteiger partial charge in [-0.1, -0.05) is 13.8 Å². The van der Waals surface area contributed by atoms with Crippen molar-refractivity contribution >= 4 is 37.1 Å². The maximum Gasteiger partial charge on any atom is 0.246 e. The molecule has 0 aliphatic heterocycles. The Labute approximate surface area is 196 Å². The maximum atomic E-state index is 12.7. The van der Waals surface area contributed by atoms with Crippen LogP contribution in [0.1, 0.15) is 27.7 Å². The molecular weight excluding hydrogens is 466 g/mol. The summed E-state index contributed by atoms with van der Waals surface area (Å²) < 4.78 is 56.3. The first-order chi connectivity index (χ1) is 15.4. The number of amides is 1. The summed E-state index contributed by atoms with van der Waals surface area (Å²) in [5, 5.41) is 5.63. The van der Waals surface area contributed by atoms with E-state index in [1.165, 1.54) is 34.6 Å². The number of anilines is 2.